The number of rotatable bonds is 19. The summed E-state index contributed by atoms with van der Waals surface area (Å²) in [6, 6.07) is 42.2. The lowest BCUT2D eigenvalue weighted by molar-refractivity contribution is 0.0734. The summed E-state index contributed by atoms with van der Waals surface area (Å²) < 4.78 is 22.1. The maximum absolute atomic E-state index is 12.8. The molecule has 6 aromatic rings. The topological polar surface area (TPSA) is 119 Å². The van der Waals surface area contributed by atoms with Gasteiger partial charge in [0.05, 0.1) is 61.0 Å². The van der Waals surface area contributed by atoms with Gasteiger partial charge in [-0.15, -0.1) is 5.11 Å². The SMILES string of the molecule is C=COCCCCCCOc1ccc(C(=O)Oc2ccc(CNc3ccc(/N=N/c4ccc(/N=N/c5ccc(N6CCOCC6)cc5)cc4)c4ccccc34)cc2)cc1. The van der Waals surface area contributed by atoms with Crippen molar-refractivity contribution >= 4 is 50.9 Å². The van der Waals surface area contributed by atoms with Gasteiger partial charge in [0.15, 0.2) is 0 Å². The Labute approximate surface area is 345 Å². The van der Waals surface area contributed by atoms with E-state index < -0.39 is 5.97 Å². The van der Waals surface area contributed by atoms with Crippen molar-refractivity contribution < 1.29 is 23.7 Å². The molecule has 0 atom stereocenters. The van der Waals surface area contributed by atoms with Crippen molar-refractivity contribution in [3.8, 4) is 11.5 Å². The summed E-state index contributed by atoms with van der Waals surface area (Å²) in [6.45, 7) is 8.75. The molecule has 0 aliphatic carbocycles. The zero-order valence-electron chi connectivity index (χ0n) is 33.0. The summed E-state index contributed by atoms with van der Waals surface area (Å²) >= 11 is 0. The molecule has 0 amide bonds. The quantitative estimate of drug-likeness (QED) is 0.0285. The zero-order chi connectivity index (χ0) is 40.5. The predicted octanol–water partition coefficient (Wildman–Crippen LogP) is 12.4. The highest BCUT2D eigenvalue weighted by molar-refractivity contribution is 6.00. The van der Waals surface area contributed by atoms with Crippen LogP contribution in [-0.4, -0.2) is 45.5 Å². The molecule has 0 radical (unpaired) electrons. The number of azo groups is 2. The molecule has 1 heterocycles. The van der Waals surface area contributed by atoms with Crippen molar-refractivity contribution in [3.05, 3.63) is 157 Å². The minimum atomic E-state index is -0.422. The Morgan fingerprint density at radius 1 is 0.661 bits per heavy atom. The minimum Gasteiger partial charge on any atom is -0.502 e. The Morgan fingerprint density at radius 2 is 1.27 bits per heavy atom. The number of fused-ring (bicyclic) bond motifs is 1. The second-order valence-electron chi connectivity index (χ2n) is 13.9. The highest BCUT2D eigenvalue weighted by atomic mass is 16.5. The summed E-state index contributed by atoms with van der Waals surface area (Å²) in [5.41, 5.74) is 6.64. The van der Waals surface area contributed by atoms with Gasteiger partial charge < -0.3 is 29.2 Å². The first-order chi connectivity index (χ1) is 29.1. The fourth-order valence-corrected chi connectivity index (χ4v) is 6.53. The highest BCUT2D eigenvalue weighted by Gasteiger charge is 2.12. The summed E-state index contributed by atoms with van der Waals surface area (Å²) in [5, 5.41) is 23.5. The average Bonchev–Trinajstić information content (AvgIpc) is 3.29. The van der Waals surface area contributed by atoms with Crippen LogP contribution in [0.1, 0.15) is 41.6 Å². The zero-order valence-corrected chi connectivity index (χ0v) is 33.0. The van der Waals surface area contributed by atoms with Gasteiger partial charge in [-0.1, -0.05) is 43.0 Å². The number of unbranched alkanes of at least 4 members (excludes halogenated alkanes) is 3. The number of carbonyl (C=O) groups excluding carboxylic acids is 1. The van der Waals surface area contributed by atoms with Gasteiger partial charge in [-0.3, -0.25) is 0 Å². The Kier molecular flexibility index (Phi) is 14.4. The third-order valence-corrected chi connectivity index (χ3v) is 9.78. The molecule has 0 unspecified atom stereocenters. The third kappa shape index (κ3) is 11.8. The maximum atomic E-state index is 12.8. The number of hydrogen-bond donors (Lipinski definition) is 1. The highest BCUT2D eigenvalue weighted by Crippen LogP contribution is 2.34. The van der Waals surface area contributed by atoms with Gasteiger partial charge in [-0.05, 0) is 128 Å². The molecule has 1 N–H and O–H groups in total. The van der Waals surface area contributed by atoms with Crippen LogP contribution in [0.4, 0.5) is 34.1 Å². The molecule has 0 spiro atoms. The first-order valence-electron chi connectivity index (χ1n) is 20.0. The fraction of sp³-hybridized carbons (Fsp3) is 0.229. The van der Waals surface area contributed by atoms with Crippen LogP contribution in [0.3, 0.4) is 0 Å². The molecule has 0 aromatic heterocycles. The van der Waals surface area contributed by atoms with E-state index in [1.165, 1.54) is 11.9 Å². The Bertz CT molecular complexity index is 2320. The molecule has 0 saturated carbocycles. The van der Waals surface area contributed by atoms with Crippen LogP contribution in [0, 0.1) is 0 Å². The number of esters is 1. The molecular formula is C48H48N6O5. The monoisotopic (exact) mass is 788 g/mol. The molecule has 0 bridgehead atoms. The first-order valence-corrected chi connectivity index (χ1v) is 20.0. The van der Waals surface area contributed by atoms with Gasteiger partial charge in [-0.2, -0.15) is 15.3 Å². The number of morpholine rings is 1. The van der Waals surface area contributed by atoms with E-state index >= 15 is 0 Å². The molecule has 1 aliphatic heterocycles. The molecule has 1 aliphatic rings. The molecular weight excluding hydrogens is 741 g/mol. The molecule has 1 fully saturated rings. The number of nitrogens with one attached hydrogen (secondary N) is 1. The predicted molar refractivity (Wildman–Crippen MR) is 233 cm³/mol. The Balaban J connectivity index is 0.881. The van der Waals surface area contributed by atoms with Crippen molar-refractivity contribution in [1.82, 2.24) is 0 Å². The van der Waals surface area contributed by atoms with Gasteiger partial charge in [0.25, 0.3) is 0 Å². The number of anilines is 2. The van der Waals surface area contributed by atoms with E-state index in [0.29, 0.717) is 36.8 Å². The van der Waals surface area contributed by atoms with Crippen LogP contribution in [0.2, 0.25) is 0 Å². The van der Waals surface area contributed by atoms with E-state index in [2.05, 4.69) is 55.5 Å². The summed E-state index contributed by atoms with van der Waals surface area (Å²) in [4.78, 5) is 15.1. The maximum Gasteiger partial charge on any atom is 0.343 e. The van der Waals surface area contributed by atoms with E-state index in [1.54, 1.807) is 36.4 Å². The van der Waals surface area contributed by atoms with Gasteiger partial charge in [0.1, 0.15) is 11.5 Å². The molecule has 59 heavy (non-hydrogen) atoms. The largest absolute Gasteiger partial charge is 0.502 e. The normalized spacial score (nSPS) is 12.8. The second-order valence-corrected chi connectivity index (χ2v) is 13.9. The molecule has 7 rings (SSSR count). The second kappa shape index (κ2) is 21.1. The van der Waals surface area contributed by atoms with Gasteiger partial charge in [0, 0.05) is 41.8 Å². The lowest BCUT2D eigenvalue weighted by Crippen LogP contribution is -2.36. The number of ether oxygens (including phenoxy) is 4. The summed E-state index contributed by atoms with van der Waals surface area (Å²) in [5.74, 6) is 0.778. The van der Waals surface area contributed by atoms with Crippen molar-refractivity contribution in [3.63, 3.8) is 0 Å². The molecule has 11 nitrogen and oxygen atoms in total. The lowest BCUT2D eigenvalue weighted by Gasteiger charge is -2.28. The number of hydrogen-bond acceptors (Lipinski definition) is 11. The van der Waals surface area contributed by atoms with Gasteiger partial charge in [-0.25, -0.2) is 4.79 Å². The van der Waals surface area contributed by atoms with Crippen LogP contribution in [0.5, 0.6) is 11.5 Å². The van der Waals surface area contributed by atoms with Gasteiger partial charge in [0.2, 0.25) is 0 Å². The molecule has 11 heteroatoms. The number of carbonyl (C=O) groups is 1. The van der Waals surface area contributed by atoms with Crippen molar-refractivity contribution in [1.29, 1.82) is 0 Å². The van der Waals surface area contributed by atoms with E-state index in [0.717, 1.165) is 96.8 Å². The molecule has 300 valence electrons. The van der Waals surface area contributed by atoms with Crippen molar-refractivity contribution in [2.75, 3.05) is 49.7 Å². The fourth-order valence-electron chi connectivity index (χ4n) is 6.53. The van der Waals surface area contributed by atoms with E-state index in [9.17, 15) is 4.79 Å². The van der Waals surface area contributed by atoms with Crippen LogP contribution in [0.15, 0.2) is 167 Å². The van der Waals surface area contributed by atoms with Crippen molar-refractivity contribution in [2.24, 2.45) is 20.5 Å². The van der Waals surface area contributed by atoms with Crippen molar-refractivity contribution in [2.45, 2.75) is 32.2 Å². The Hall–Kier alpha value is -6.85. The average molecular weight is 789 g/mol. The molecule has 1 saturated heterocycles. The molecule has 6 aromatic carbocycles. The Morgan fingerprint density at radius 3 is 1.95 bits per heavy atom. The third-order valence-electron chi connectivity index (χ3n) is 9.78. The van der Waals surface area contributed by atoms with E-state index in [4.69, 9.17) is 18.9 Å². The van der Waals surface area contributed by atoms with Gasteiger partial charge >= 0.3 is 5.97 Å². The summed E-state index contributed by atoms with van der Waals surface area (Å²) in [6.07, 6.45) is 5.59. The van der Waals surface area contributed by atoms with Crippen LogP contribution in [-0.2, 0) is 16.0 Å². The number of benzene rings is 6. The van der Waals surface area contributed by atoms with Crippen LogP contribution in [0.25, 0.3) is 10.8 Å². The summed E-state index contributed by atoms with van der Waals surface area (Å²) in [7, 11) is 0. The smallest absolute Gasteiger partial charge is 0.343 e. The number of nitrogens with zero attached hydrogens (tertiary/aromatic N) is 5. The van der Waals surface area contributed by atoms with Crippen LogP contribution >= 0.6 is 0 Å². The van der Waals surface area contributed by atoms with Crippen LogP contribution < -0.4 is 19.7 Å². The van der Waals surface area contributed by atoms with E-state index in [1.807, 2.05) is 78.9 Å². The first kappa shape index (κ1) is 40.4. The lowest BCUT2D eigenvalue weighted by atomic mass is 10.1. The van der Waals surface area contributed by atoms with E-state index in [-0.39, 0.29) is 0 Å². The standard InChI is InChI=1S/C48H48N6O5/c1-2-56-31-7-3-4-8-32-58-42-25-13-37(14-26-42)48(55)59-43-23-11-36(12-24-43)35-49-46-27-28-47(45-10-6-5-9-44(45)46)53-52-39-17-15-38(16-18-39)50-51-40-19-21-41(22-20-40)54-29-33-57-34-30-54/h2,5-6,9-28,49H,1,3-4,7-8,29-35H2/b51-50+,53-52+. The minimum absolute atomic E-state index is 0.422.